The molecule has 0 heterocycles. The first kappa shape index (κ1) is 15.8. The number of hydrogen-bond donors (Lipinski definition) is 0. The zero-order valence-corrected chi connectivity index (χ0v) is 10.4. The summed E-state index contributed by atoms with van der Waals surface area (Å²) in [5, 5.41) is 0. The number of aryl methyl sites for hydroxylation is 2. The summed E-state index contributed by atoms with van der Waals surface area (Å²) in [5.41, 5.74) is -5.09. The van der Waals surface area contributed by atoms with Crippen molar-refractivity contribution in [2.75, 3.05) is 7.11 Å². The van der Waals surface area contributed by atoms with Crippen molar-refractivity contribution in [2.24, 2.45) is 0 Å². The Labute approximate surface area is 106 Å². The van der Waals surface area contributed by atoms with Crippen LogP contribution in [0.2, 0.25) is 0 Å². The summed E-state index contributed by atoms with van der Waals surface area (Å²) >= 11 is 0. The Balaban J connectivity index is 3.70. The van der Waals surface area contributed by atoms with Crippen molar-refractivity contribution in [1.29, 1.82) is 0 Å². The maximum atomic E-state index is 13.0. The van der Waals surface area contributed by atoms with Crippen LogP contribution in [0, 0.1) is 13.8 Å². The van der Waals surface area contributed by atoms with Crippen LogP contribution in [-0.4, -0.2) is 19.5 Å². The van der Waals surface area contributed by atoms with Gasteiger partial charge >= 0.3 is 12.4 Å². The van der Waals surface area contributed by atoms with Crippen molar-refractivity contribution < 1.29 is 31.1 Å². The molecule has 1 aromatic rings. The van der Waals surface area contributed by atoms with E-state index in [2.05, 4.69) is 4.74 Å². The van der Waals surface area contributed by atoms with Gasteiger partial charge < -0.3 is 4.74 Å². The largest absolute Gasteiger partial charge is 0.430 e. The minimum atomic E-state index is -5.61. The zero-order valence-electron chi connectivity index (χ0n) is 10.4. The molecule has 0 saturated heterocycles. The number of hydrogen-bond acceptors (Lipinski definition) is 1. The number of halogens is 6. The molecule has 0 spiro atoms. The quantitative estimate of drug-likeness (QED) is 0.738. The lowest BCUT2D eigenvalue weighted by atomic mass is 9.87. The highest BCUT2D eigenvalue weighted by molar-refractivity contribution is 5.37. The molecule has 0 N–H and O–H groups in total. The van der Waals surface area contributed by atoms with Gasteiger partial charge in [0.25, 0.3) is 5.60 Å². The average Bonchev–Trinajstić information content (AvgIpc) is 2.20. The lowest BCUT2D eigenvalue weighted by molar-refractivity contribution is -0.383. The van der Waals surface area contributed by atoms with Gasteiger partial charge in [-0.2, -0.15) is 26.3 Å². The lowest BCUT2D eigenvalue weighted by Gasteiger charge is -2.37. The molecule has 1 aromatic carbocycles. The molecular formula is C12H12F6O. The van der Waals surface area contributed by atoms with Gasteiger partial charge in [-0.1, -0.05) is 23.8 Å². The Morgan fingerprint density at radius 1 is 0.895 bits per heavy atom. The Kier molecular flexibility index (Phi) is 3.91. The first-order valence-corrected chi connectivity index (χ1v) is 5.23. The van der Waals surface area contributed by atoms with E-state index in [4.69, 9.17) is 0 Å². The lowest BCUT2D eigenvalue weighted by Crippen LogP contribution is -2.55. The minimum absolute atomic E-state index is 0.137. The van der Waals surface area contributed by atoms with Gasteiger partial charge in [-0.25, -0.2) is 0 Å². The van der Waals surface area contributed by atoms with Crippen LogP contribution in [0.1, 0.15) is 16.7 Å². The van der Waals surface area contributed by atoms with Crippen molar-refractivity contribution in [2.45, 2.75) is 31.8 Å². The summed E-state index contributed by atoms with van der Waals surface area (Å²) in [6.07, 6.45) is -11.2. The Hall–Kier alpha value is -1.24. The fraction of sp³-hybridized carbons (Fsp3) is 0.500. The molecule has 1 rings (SSSR count). The fourth-order valence-electron chi connectivity index (χ4n) is 1.92. The number of rotatable bonds is 2. The van der Waals surface area contributed by atoms with Crippen LogP contribution in [0.15, 0.2) is 18.2 Å². The van der Waals surface area contributed by atoms with E-state index in [9.17, 15) is 26.3 Å². The molecule has 0 aliphatic heterocycles. The van der Waals surface area contributed by atoms with E-state index in [1.54, 1.807) is 0 Å². The Morgan fingerprint density at radius 2 is 1.37 bits per heavy atom. The van der Waals surface area contributed by atoms with Gasteiger partial charge in [0.2, 0.25) is 0 Å². The highest BCUT2D eigenvalue weighted by atomic mass is 19.4. The van der Waals surface area contributed by atoms with Gasteiger partial charge in [-0.05, 0) is 19.4 Å². The molecule has 0 saturated carbocycles. The minimum Gasteiger partial charge on any atom is -0.357 e. The molecule has 7 heteroatoms. The number of alkyl halides is 6. The van der Waals surface area contributed by atoms with E-state index >= 15 is 0 Å². The van der Waals surface area contributed by atoms with E-state index in [0.717, 1.165) is 6.07 Å². The summed E-state index contributed by atoms with van der Waals surface area (Å²) in [4.78, 5) is 0. The summed E-state index contributed by atoms with van der Waals surface area (Å²) in [5.74, 6) is 0. The van der Waals surface area contributed by atoms with Crippen LogP contribution >= 0.6 is 0 Å². The predicted octanol–water partition coefficient (Wildman–Crippen LogP) is 4.27. The molecular weight excluding hydrogens is 274 g/mol. The summed E-state index contributed by atoms with van der Waals surface area (Å²) in [7, 11) is 0.406. The van der Waals surface area contributed by atoms with Crippen LogP contribution in [0.3, 0.4) is 0 Å². The molecule has 0 bridgehead atoms. The second-order valence-corrected chi connectivity index (χ2v) is 4.20. The number of benzene rings is 1. The topological polar surface area (TPSA) is 9.23 Å². The van der Waals surface area contributed by atoms with Crippen molar-refractivity contribution in [3.05, 3.63) is 34.9 Å². The Bertz CT molecular complexity index is 446. The third-order valence-corrected chi connectivity index (χ3v) is 2.88. The normalized spacial score (nSPS) is 13.7. The van der Waals surface area contributed by atoms with Gasteiger partial charge in [-0.3, -0.25) is 0 Å². The zero-order chi connectivity index (χ0) is 15.1. The maximum absolute atomic E-state index is 13.0. The summed E-state index contributed by atoms with van der Waals surface area (Å²) in [6, 6.07) is 3.49. The van der Waals surface area contributed by atoms with Gasteiger partial charge in [-0.15, -0.1) is 0 Å². The predicted molar refractivity (Wildman–Crippen MR) is 56.7 cm³/mol. The Morgan fingerprint density at radius 3 is 1.74 bits per heavy atom. The first-order chi connectivity index (χ1) is 8.47. The number of ether oxygens (including phenoxy) is 1. The number of methoxy groups -OCH3 is 1. The van der Waals surface area contributed by atoms with Crippen LogP contribution in [0.5, 0.6) is 0 Å². The molecule has 0 fully saturated rings. The van der Waals surface area contributed by atoms with Crippen LogP contribution in [0.4, 0.5) is 26.3 Å². The second kappa shape index (κ2) is 4.70. The van der Waals surface area contributed by atoms with E-state index < -0.39 is 23.5 Å². The molecule has 0 unspecified atom stereocenters. The molecule has 0 radical (unpaired) electrons. The van der Waals surface area contributed by atoms with Gasteiger partial charge in [0.1, 0.15) is 0 Å². The molecule has 0 amide bonds. The average molecular weight is 286 g/mol. The van der Waals surface area contributed by atoms with Gasteiger partial charge in [0.15, 0.2) is 0 Å². The SMILES string of the molecule is COC(c1cc(C)ccc1C)(C(F)(F)F)C(F)(F)F. The van der Waals surface area contributed by atoms with Gasteiger partial charge in [0, 0.05) is 12.7 Å². The monoisotopic (exact) mass is 286 g/mol. The second-order valence-electron chi connectivity index (χ2n) is 4.20. The summed E-state index contributed by atoms with van der Waals surface area (Å²) in [6.45, 7) is 2.59. The van der Waals surface area contributed by atoms with Crippen LogP contribution in [0.25, 0.3) is 0 Å². The third kappa shape index (κ3) is 2.43. The van der Waals surface area contributed by atoms with Crippen LogP contribution < -0.4 is 0 Å². The fourth-order valence-corrected chi connectivity index (χ4v) is 1.92. The molecule has 108 valence electrons. The molecule has 19 heavy (non-hydrogen) atoms. The molecule has 0 atom stereocenters. The highest BCUT2D eigenvalue weighted by Crippen LogP contribution is 2.53. The molecule has 0 aliphatic carbocycles. The van der Waals surface area contributed by atoms with E-state index in [-0.39, 0.29) is 11.1 Å². The molecule has 1 nitrogen and oxygen atoms in total. The van der Waals surface area contributed by atoms with Crippen molar-refractivity contribution in [3.8, 4) is 0 Å². The summed E-state index contributed by atoms with van der Waals surface area (Å²) < 4.78 is 82.1. The van der Waals surface area contributed by atoms with E-state index in [0.29, 0.717) is 7.11 Å². The molecule has 0 aliphatic rings. The van der Waals surface area contributed by atoms with E-state index in [1.165, 1.54) is 26.0 Å². The van der Waals surface area contributed by atoms with Crippen molar-refractivity contribution in [1.82, 2.24) is 0 Å². The first-order valence-electron chi connectivity index (χ1n) is 5.23. The third-order valence-electron chi connectivity index (χ3n) is 2.88. The standard InChI is InChI=1S/C12H12F6O/c1-7-4-5-8(2)9(6-7)10(19-3,11(13,14)15)12(16,17)18/h4-6H,1-3H3. The van der Waals surface area contributed by atoms with Gasteiger partial charge in [0.05, 0.1) is 0 Å². The van der Waals surface area contributed by atoms with Crippen molar-refractivity contribution >= 4 is 0 Å². The molecule has 0 aromatic heterocycles. The highest BCUT2D eigenvalue weighted by Gasteiger charge is 2.73. The van der Waals surface area contributed by atoms with Crippen molar-refractivity contribution in [3.63, 3.8) is 0 Å². The van der Waals surface area contributed by atoms with Crippen LogP contribution in [-0.2, 0) is 10.3 Å². The van der Waals surface area contributed by atoms with E-state index in [1.807, 2.05) is 0 Å². The smallest absolute Gasteiger partial charge is 0.357 e. The maximum Gasteiger partial charge on any atom is 0.430 e.